The van der Waals surface area contributed by atoms with Gasteiger partial charge in [-0.2, -0.15) is 0 Å². The summed E-state index contributed by atoms with van der Waals surface area (Å²) in [5.74, 6) is 0. The SMILES string of the molecule is CCCCCc1cc2c3c(c1)N(c1c(-c4ccccc4)cc(C(C)(C)C)cc1-c1ccccc1)c1ccc(-c4ccccc4)cc1B3c1cc(-c3ccccc3)ccc1N2c1c(-c2ccccc2)cc(C(C)(C)C)cc1-c1ccccc1. The third-order valence-corrected chi connectivity index (χ3v) is 17.1. The summed E-state index contributed by atoms with van der Waals surface area (Å²) in [4.78, 5) is 5.42. The van der Waals surface area contributed by atoms with E-state index in [9.17, 15) is 0 Å². The fourth-order valence-corrected chi connectivity index (χ4v) is 12.9. The van der Waals surface area contributed by atoms with Crippen molar-refractivity contribution in [3.8, 4) is 66.8 Å². The van der Waals surface area contributed by atoms with E-state index in [-0.39, 0.29) is 17.5 Å². The van der Waals surface area contributed by atoms with Crippen LogP contribution in [0.1, 0.15) is 84.4 Å². The average Bonchev–Trinajstić information content (AvgIpc) is 0.982. The van der Waals surface area contributed by atoms with Gasteiger partial charge in [-0.3, -0.25) is 0 Å². The van der Waals surface area contributed by atoms with Gasteiger partial charge >= 0.3 is 0 Å². The van der Waals surface area contributed by atoms with Crippen LogP contribution in [-0.4, -0.2) is 6.71 Å². The van der Waals surface area contributed by atoms with E-state index < -0.39 is 0 Å². The standard InChI is InChI=1S/C79H71BN2/c1-8-9-16-29-54-46-73-75-74(47-54)82(77-67(59-38-25-14-26-39-59)52-64(79(5,6)7)53-68(77)60-40-27-15-28-41-60)72-45-43-62(56-32-19-11-20-33-56)49-70(72)80(75)69-48-61(55-30-17-10-18-31-55)42-44-71(69)81(73)76-65(57-34-21-12-22-35-57)50-63(78(2,3)4)51-66(76)58-36-23-13-24-37-58/h10-15,17-28,30-53H,8-9,16,29H2,1-7H3. The zero-order valence-corrected chi connectivity index (χ0v) is 48.5. The first-order valence-electron chi connectivity index (χ1n) is 29.7. The molecule has 0 fully saturated rings. The monoisotopic (exact) mass is 1060 g/mol. The minimum atomic E-state index is -0.136. The quantitative estimate of drug-likeness (QED) is 0.0889. The van der Waals surface area contributed by atoms with Gasteiger partial charge in [0.05, 0.1) is 11.4 Å². The summed E-state index contributed by atoms with van der Waals surface area (Å²) >= 11 is 0. The lowest BCUT2D eigenvalue weighted by Crippen LogP contribution is -2.61. The van der Waals surface area contributed by atoms with Gasteiger partial charge in [0.2, 0.25) is 0 Å². The lowest BCUT2D eigenvalue weighted by molar-refractivity contribution is 0.590. The van der Waals surface area contributed by atoms with Gasteiger partial charge in [-0.1, -0.05) is 268 Å². The molecule has 2 heterocycles. The third kappa shape index (κ3) is 9.66. The van der Waals surface area contributed by atoms with Crippen LogP contribution in [0.25, 0.3) is 66.8 Å². The highest BCUT2D eigenvalue weighted by Crippen LogP contribution is 2.54. The maximum Gasteiger partial charge on any atom is 0.252 e. The number of hydrogen-bond acceptors (Lipinski definition) is 2. The Labute approximate surface area is 487 Å². The summed E-state index contributed by atoms with van der Waals surface area (Å²) in [6, 6.07) is 96.6. The molecule has 0 aliphatic carbocycles. The average molecular weight is 1060 g/mol. The van der Waals surface area contributed by atoms with Gasteiger partial charge in [-0.15, -0.1) is 0 Å². The van der Waals surface area contributed by atoms with E-state index in [2.05, 4.69) is 313 Å². The number of aryl methyl sites for hydroxylation is 1. The second kappa shape index (κ2) is 21.5. The van der Waals surface area contributed by atoms with Crippen LogP contribution >= 0.6 is 0 Å². The van der Waals surface area contributed by atoms with Crippen LogP contribution in [-0.2, 0) is 17.3 Å². The molecular formula is C79H71BN2. The molecule has 0 saturated carbocycles. The topological polar surface area (TPSA) is 6.48 Å². The van der Waals surface area contributed by atoms with Gasteiger partial charge < -0.3 is 9.80 Å². The molecule has 2 nitrogen and oxygen atoms in total. The number of rotatable bonds is 12. The molecule has 82 heavy (non-hydrogen) atoms. The zero-order valence-electron chi connectivity index (χ0n) is 48.5. The van der Waals surface area contributed by atoms with E-state index in [0.29, 0.717) is 0 Å². The highest BCUT2D eigenvalue weighted by molar-refractivity contribution is 7.00. The van der Waals surface area contributed by atoms with Crippen LogP contribution in [0.15, 0.2) is 255 Å². The van der Waals surface area contributed by atoms with Crippen molar-refractivity contribution in [2.75, 3.05) is 9.80 Å². The molecule has 0 saturated heterocycles. The normalized spacial score (nSPS) is 12.7. The second-order valence-electron chi connectivity index (χ2n) is 24.7. The van der Waals surface area contributed by atoms with Gasteiger partial charge in [0, 0.05) is 45.0 Å². The molecule has 2 aliphatic heterocycles. The molecule has 0 spiro atoms. The molecular weight excluding hydrogens is 988 g/mol. The van der Waals surface area contributed by atoms with Gasteiger partial charge in [0.1, 0.15) is 0 Å². The number of hydrogen-bond donors (Lipinski definition) is 0. The van der Waals surface area contributed by atoms with Crippen LogP contribution < -0.4 is 26.2 Å². The minimum absolute atomic E-state index is 0.129. The Bertz CT molecular complexity index is 3720. The van der Waals surface area contributed by atoms with E-state index in [0.717, 1.165) is 25.7 Å². The van der Waals surface area contributed by atoms with Crippen molar-refractivity contribution in [1.29, 1.82) is 0 Å². The van der Waals surface area contributed by atoms with E-state index in [1.54, 1.807) is 0 Å². The van der Waals surface area contributed by atoms with E-state index in [1.807, 2.05) is 0 Å². The van der Waals surface area contributed by atoms with Crippen molar-refractivity contribution in [3.63, 3.8) is 0 Å². The van der Waals surface area contributed by atoms with Gasteiger partial charge in [-0.05, 0) is 150 Å². The molecule has 11 aromatic carbocycles. The Balaban J connectivity index is 1.23. The Morgan fingerprint density at radius 1 is 0.317 bits per heavy atom. The highest BCUT2D eigenvalue weighted by Gasteiger charge is 2.46. The summed E-state index contributed by atoms with van der Waals surface area (Å²) < 4.78 is 0. The van der Waals surface area contributed by atoms with Gasteiger partial charge in [0.15, 0.2) is 0 Å². The van der Waals surface area contributed by atoms with Crippen LogP contribution in [0.4, 0.5) is 34.1 Å². The van der Waals surface area contributed by atoms with Crippen molar-refractivity contribution in [3.05, 3.63) is 271 Å². The van der Waals surface area contributed by atoms with Crippen molar-refractivity contribution in [2.24, 2.45) is 0 Å². The van der Waals surface area contributed by atoms with E-state index in [4.69, 9.17) is 0 Å². The second-order valence-corrected chi connectivity index (χ2v) is 24.7. The van der Waals surface area contributed by atoms with Crippen LogP contribution in [0.3, 0.4) is 0 Å². The summed E-state index contributed by atoms with van der Waals surface area (Å²) in [5.41, 5.74) is 29.2. The number of nitrogens with zero attached hydrogens (tertiary/aromatic N) is 2. The van der Waals surface area contributed by atoms with Crippen LogP contribution in [0.2, 0.25) is 0 Å². The predicted molar refractivity (Wildman–Crippen MR) is 354 cm³/mol. The highest BCUT2D eigenvalue weighted by atomic mass is 15.2. The van der Waals surface area contributed by atoms with Crippen LogP contribution in [0, 0.1) is 0 Å². The summed E-state index contributed by atoms with van der Waals surface area (Å²) in [7, 11) is 0. The van der Waals surface area contributed by atoms with Crippen molar-refractivity contribution >= 4 is 57.2 Å². The number of unbranched alkanes of at least 4 members (excludes halogenated alkanes) is 2. The molecule has 0 bridgehead atoms. The summed E-state index contributed by atoms with van der Waals surface area (Å²) in [6.07, 6.45) is 4.37. The Morgan fingerprint density at radius 2 is 0.634 bits per heavy atom. The van der Waals surface area contributed by atoms with Crippen molar-refractivity contribution in [2.45, 2.75) is 85.0 Å². The third-order valence-electron chi connectivity index (χ3n) is 17.1. The fourth-order valence-electron chi connectivity index (χ4n) is 12.9. The Hall–Kier alpha value is -8.92. The molecule has 11 aromatic rings. The summed E-state index contributed by atoms with van der Waals surface area (Å²) in [5, 5.41) is 0. The predicted octanol–water partition coefficient (Wildman–Crippen LogP) is 20.1. The Kier molecular flexibility index (Phi) is 13.8. The lowest BCUT2D eigenvalue weighted by atomic mass is 9.33. The van der Waals surface area contributed by atoms with Gasteiger partial charge in [-0.25, -0.2) is 0 Å². The molecule has 0 aromatic heterocycles. The smallest absolute Gasteiger partial charge is 0.252 e. The molecule has 0 radical (unpaired) electrons. The number of fused-ring (bicyclic) bond motifs is 4. The molecule has 0 amide bonds. The molecule has 0 atom stereocenters. The molecule has 0 unspecified atom stereocenters. The molecule has 13 rings (SSSR count). The van der Waals surface area contributed by atoms with Crippen molar-refractivity contribution in [1.82, 2.24) is 0 Å². The minimum Gasteiger partial charge on any atom is -0.310 e. The number of benzene rings is 11. The molecule has 2 aliphatic rings. The number of anilines is 6. The largest absolute Gasteiger partial charge is 0.310 e. The maximum absolute atomic E-state index is 2.71. The first kappa shape index (κ1) is 52.5. The fraction of sp³-hybridized carbons (Fsp3) is 0.165. The first-order chi connectivity index (χ1) is 39.9. The maximum atomic E-state index is 2.71. The first-order valence-corrected chi connectivity index (χ1v) is 29.7. The van der Waals surface area contributed by atoms with E-state index >= 15 is 0 Å². The lowest BCUT2D eigenvalue weighted by Gasteiger charge is -2.46. The van der Waals surface area contributed by atoms with Gasteiger partial charge in [0.25, 0.3) is 6.71 Å². The molecule has 3 heteroatoms. The molecule has 0 N–H and O–H groups in total. The summed E-state index contributed by atoms with van der Waals surface area (Å²) in [6.45, 7) is 16.3. The molecule has 400 valence electrons. The zero-order chi connectivity index (χ0) is 56.1. The van der Waals surface area contributed by atoms with E-state index in [1.165, 1.54) is 134 Å². The van der Waals surface area contributed by atoms with Crippen LogP contribution in [0.5, 0.6) is 0 Å². The Morgan fingerprint density at radius 3 is 0.939 bits per heavy atom. The van der Waals surface area contributed by atoms with Crippen molar-refractivity contribution < 1.29 is 0 Å².